The van der Waals surface area contributed by atoms with Crippen LogP contribution in [-0.2, 0) is 0 Å². The van der Waals surface area contributed by atoms with Gasteiger partial charge in [-0.1, -0.05) is 31.9 Å². The van der Waals surface area contributed by atoms with Crippen molar-refractivity contribution < 1.29 is 0 Å². The van der Waals surface area contributed by atoms with Crippen molar-refractivity contribution in [3.05, 3.63) is 29.8 Å². The maximum Gasteiger partial charge on any atom is 0.00944 e. The summed E-state index contributed by atoms with van der Waals surface area (Å²) >= 11 is 2.07. The molecule has 0 heterocycles. The van der Waals surface area contributed by atoms with Crippen LogP contribution in [0.25, 0.3) is 0 Å². The van der Waals surface area contributed by atoms with E-state index in [0.29, 0.717) is 5.92 Å². The van der Waals surface area contributed by atoms with E-state index >= 15 is 0 Å². The van der Waals surface area contributed by atoms with Crippen LogP contribution >= 0.6 is 11.8 Å². The van der Waals surface area contributed by atoms with Gasteiger partial charge in [-0.15, -0.1) is 11.8 Å². The third-order valence-corrected chi connectivity index (χ3v) is 5.24. The van der Waals surface area contributed by atoms with Crippen molar-refractivity contribution in [1.29, 1.82) is 0 Å². The standard InChI is InChI=1S/C16H25NS/c1-13(5-4-12-17)14-8-10-16(11-9-14)18-15-6-2-3-7-15/h8-11,13,15H,2-7,12,17H2,1H3. The van der Waals surface area contributed by atoms with Gasteiger partial charge in [0.1, 0.15) is 0 Å². The van der Waals surface area contributed by atoms with E-state index in [-0.39, 0.29) is 0 Å². The minimum atomic E-state index is 0.638. The lowest BCUT2D eigenvalue weighted by Gasteiger charge is -2.13. The zero-order valence-corrected chi connectivity index (χ0v) is 12.2. The first-order valence-electron chi connectivity index (χ1n) is 7.26. The van der Waals surface area contributed by atoms with Crippen LogP contribution in [0.4, 0.5) is 0 Å². The average molecular weight is 263 g/mol. The highest BCUT2D eigenvalue weighted by molar-refractivity contribution is 8.00. The minimum Gasteiger partial charge on any atom is -0.330 e. The summed E-state index contributed by atoms with van der Waals surface area (Å²) in [4.78, 5) is 1.44. The molecule has 0 bridgehead atoms. The number of benzene rings is 1. The van der Waals surface area contributed by atoms with Gasteiger partial charge in [0.2, 0.25) is 0 Å². The molecule has 1 aromatic rings. The summed E-state index contributed by atoms with van der Waals surface area (Å²) in [5.74, 6) is 0.638. The van der Waals surface area contributed by atoms with Crippen molar-refractivity contribution >= 4 is 11.8 Å². The van der Waals surface area contributed by atoms with Crippen molar-refractivity contribution in [3.8, 4) is 0 Å². The molecule has 0 saturated heterocycles. The summed E-state index contributed by atoms with van der Waals surface area (Å²) in [5.41, 5.74) is 7.02. The highest BCUT2D eigenvalue weighted by Crippen LogP contribution is 2.35. The van der Waals surface area contributed by atoms with Crippen LogP contribution in [0.5, 0.6) is 0 Å². The summed E-state index contributed by atoms with van der Waals surface area (Å²) in [6.45, 7) is 3.11. The molecule has 1 fully saturated rings. The molecule has 100 valence electrons. The summed E-state index contributed by atoms with van der Waals surface area (Å²) in [7, 11) is 0. The number of nitrogens with two attached hydrogens (primary N) is 1. The highest BCUT2D eigenvalue weighted by Gasteiger charge is 2.16. The lowest BCUT2D eigenvalue weighted by atomic mass is 9.96. The molecule has 1 nitrogen and oxygen atoms in total. The predicted molar refractivity (Wildman–Crippen MR) is 81.3 cm³/mol. The van der Waals surface area contributed by atoms with Crippen molar-refractivity contribution in [2.75, 3.05) is 6.54 Å². The molecule has 2 rings (SSSR count). The van der Waals surface area contributed by atoms with Gasteiger partial charge in [0, 0.05) is 10.1 Å². The molecule has 1 saturated carbocycles. The highest BCUT2D eigenvalue weighted by atomic mass is 32.2. The molecule has 18 heavy (non-hydrogen) atoms. The monoisotopic (exact) mass is 263 g/mol. The van der Waals surface area contributed by atoms with Crippen molar-refractivity contribution in [2.45, 2.75) is 61.5 Å². The topological polar surface area (TPSA) is 26.0 Å². The Morgan fingerprint density at radius 3 is 2.50 bits per heavy atom. The van der Waals surface area contributed by atoms with Crippen molar-refractivity contribution in [1.82, 2.24) is 0 Å². The van der Waals surface area contributed by atoms with Crippen molar-refractivity contribution in [2.24, 2.45) is 5.73 Å². The molecule has 1 aromatic carbocycles. The van der Waals surface area contributed by atoms with Crippen LogP contribution < -0.4 is 5.73 Å². The maximum atomic E-state index is 5.57. The predicted octanol–water partition coefficient (Wildman–Crippen LogP) is 4.56. The molecule has 0 spiro atoms. The van der Waals surface area contributed by atoms with E-state index in [4.69, 9.17) is 5.73 Å². The molecule has 2 N–H and O–H groups in total. The summed E-state index contributed by atoms with van der Waals surface area (Å²) in [6.07, 6.45) is 7.97. The Kier molecular flexibility index (Phi) is 5.58. The van der Waals surface area contributed by atoms with Gasteiger partial charge in [-0.3, -0.25) is 0 Å². The Balaban J connectivity index is 1.88. The number of thioether (sulfide) groups is 1. The third-order valence-electron chi connectivity index (χ3n) is 3.90. The third kappa shape index (κ3) is 4.03. The van der Waals surface area contributed by atoms with Gasteiger partial charge in [-0.2, -0.15) is 0 Å². The largest absolute Gasteiger partial charge is 0.330 e. The quantitative estimate of drug-likeness (QED) is 0.814. The molecular weight excluding hydrogens is 238 g/mol. The van der Waals surface area contributed by atoms with Crippen LogP contribution in [0.15, 0.2) is 29.2 Å². The Morgan fingerprint density at radius 2 is 1.89 bits per heavy atom. The Hall–Kier alpha value is -0.470. The zero-order chi connectivity index (χ0) is 12.8. The van der Waals surface area contributed by atoms with Crippen LogP contribution in [0.3, 0.4) is 0 Å². The second-order valence-corrected chi connectivity index (χ2v) is 6.80. The fourth-order valence-corrected chi connectivity index (χ4v) is 3.91. The SMILES string of the molecule is CC(CCCN)c1ccc(SC2CCCC2)cc1. The number of rotatable bonds is 6. The molecule has 1 atom stereocenters. The van der Waals surface area contributed by atoms with E-state index < -0.39 is 0 Å². The van der Waals surface area contributed by atoms with E-state index in [9.17, 15) is 0 Å². The molecule has 0 radical (unpaired) electrons. The van der Waals surface area contributed by atoms with E-state index in [0.717, 1.165) is 18.2 Å². The van der Waals surface area contributed by atoms with Gasteiger partial charge in [0.05, 0.1) is 0 Å². The van der Waals surface area contributed by atoms with Crippen LogP contribution in [0, 0.1) is 0 Å². The van der Waals surface area contributed by atoms with Gasteiger partial charge in [0.25, 0.3) is 0 Å². The molecule has 1 aliphatic carbocycles. The second kappa shape index (κ2) is 7.20. The van der Waals surface area contributed by atoms with E-state index in [1.165, 1.54) is 42.6 Å². The van der Waals surface area contributed by atoms with Crippen molar-refractivity contribution in [3.63, 3.8) is 0 Å². The second-order valence-electron chi connectivity index (χ2n) is 5.43. The van der Waals surface area contributed by atoms with Gasteiger partial charge in [-0.25, -0.2) is 0 Å². The summed E-state index contributed by atoms with van der Waals surface area (Å²) in [6, 6.07) is 9.21. The van der Waals surface area contributed by atoms with E-state index in [2.05, 4.69) is 43.0 Å². The molecule has 0 amide bonds. The molecule has 0 aromatic heterocycles. The van der Waals surface area contributed by atoms with E-state index in [1.54, 1.807) is 0 Å². The zero-order valence-electron chi connectivity index (χ0n) is 11.4. The Labute approximate surface area is 116 Å². The van der Waals surface area contributed by atoms with Gasteiger partial charge < -0.3 is 5.73 Å². The first kappa shape index (κ1) is 14.0. The minimum absolute atomic E-state index is 0.638. The molecule has 0 aliphatic heterocycles. The molecular formula is C16H25NS. The molecule has 2 heteroatoms. The van der Waals surface area contributed by atoms with Gasteiger partial charge in [0.15, 0.2) is 0 Å². The molecule has 1 aliphatic rings. The van der Waals surface area contributed by atoms with Crippen LogP contribution in [0.1, 0.15) is 56.9 Å². The van der Waals surface area contributed by atoms with Gasteiger partial charge in [-0.05, 0) is 55.8 Å². The fraction of sp³-hybridized carbons (Fsp3) is 0.625. The number of hydrogen-bond acceptors (Lipinski definition) is 2. The molecule has 1 unspecified atom stereocenters. The van der Waals surface area contributed by atoms with Crippen LogP contribution in [-0.4, -0.2) is 11.8 Å². The lowest BCUT2D eigenvalue weighted by Crippen LogP contribution is -2.02. The van der Waals surface area contributed by atoms with Gasteiger partial charge >= 0.3 is 0 Å². The number of hydrogen-bond donors (Lipinski definition) is 1. The summed E-state index contributed by atoms with van der Waals surface area (Å²) < 4.78 is 0. The lowest BCUT2D eigenvalue weighted by molar-refractivity contribution is 0.640. The fourth-order valence-electron chi connectivity index (χ4n) is 2.66. The normalized spacial score (nSPS) is 18.1. The maximum absolute atomic E-state index is 5.57. The Morgan fingerprint density at radius 1 is 1.22 bits per heavy atom. The smallest absolute Gasteiger partial charge is 0.00944 e. The first-order valence-corrected chi connectivity index (χ1v) is 8.14. The Bertz CT molecular complexity index is 341. The van der Waals surface area contributed by atoms with E-state index in [1.807, 2.05) is 0 Å². The van der Waals surface area contributed by atoms with Crippen LogP contribution in [0.2, 0.25) is 0 Å². The first-order chi connectivity index (χ1) is 8.79. The average Bonchev–Trinajstić information content (AvgIpc) is 2.89. The summed E-state index contributed by atoms with van der Waals surface area (Å²) in [5, 5.41) is 0.866.